The third-order valence-electron chi connectivity index (χ3n) is 1.79. The average Bonchev–Trinajstić information content (AvgIpc) is 2.57. The molecule has 0 saturated carbocycles. The van der Waals surface area contributed by atoms with Gasteiger partial charge in [0.1, 0.15) is 11.7 Å². The zero-order valence-corrected chi connectivity index (χ0v) is 10.1. The number of nitrogens with zero attached hydrogens (tertiary/aromatic N) is 2. The molecule has 0 unspecified atom stereocenters. The van der Waals surface area contributed by atoms with Gasteiger partial charge in [-0.05, 0) is 0 Å². The smallest absolute Gasteiger partial charge is 0.395 e. The van der Waals surface area contributed by atoms with Crippen molar-refractivity contribution in [2.24, 2.45) is 0 Å². The Morgan fingerprint density at radius 3 is 2.41 bits per heavy atom. The molecule has 9 heteroatoms. The SMILES string of the molecule is OCCN(CC(F)(F)F)c1nc(Cl)c(CO)s1. The van der Waals surface area contributed by atoms with Crippen molar-refractivity contribution in [2.45, 2.75) is 12.8 Å². The van der Waals surface area contributed by atoms with Crippen molar-refractivity contribution < 1.29 is 23.4 Å². The van der Waals surface area contributed by atoms with Crippen molar-refractivity contribution in [1.82, 2.24) is 4.98 Å². The van der Waals surface area contributed by atoms with Gasteiger partial charge in [0.05, 0.1) is 18.1 Å². The lowest BCUT2D eigenvalue weighted by Crippen LogP contribution is -2.36. The Labute approximate surface area is 104 Å². The van der Waals surface area contributed by atoms with Gasteiger partial charge in [-0.1, -0.05) is 22.9 Å². The first-order valence-electron chi connectivity index (χ1n) is 4.56. The lowest BCUT2D eigenvalue weighted by Gasteiger charge is -2.21. The first-order valence-corrected chi connectivity index (χ1v) is 5.75. The fourth-order valence-corrected chi connectivity index (χ4v) is 2.28. The highest BCUT2D eigenvalue weighted by molar-refractivity contribution is 7.16. The third kappa shape index (κ3) is 4.30. The Morgan fingerprint density at radius 1 is 1.35 bits per heavy atom. The number of aromatic nitrogens is 1. The van der Waals surface area contributed by atoms with Crippen LogP contribution in [0, 0.1) is 0 Å². The highest BCUT2D eigenvalue weighted by Crippen LogP contribution is 2.31. The van der Waals surface area contributed by atoms with E-state index in [4.69, 9.17) is 21.8 Å². The van der Waals surface area contributed by atoms with Gasteiger partial charge in [0.25, 0.3) is 0 Å². The molecule has 0 atom stereocenters. The predicted octanol–water partition coefficient (Wildman–Crippen LogP) is 1.65. The number of alkyl halides is 3. The van der Waals surface area contributed by atoms with Crippen LogP contribution < -0.4 is 4.90 Å². The zero-order chi connectivity index (χ0) is 13.1. The van der Waals surface area contributed by atoms with Crippen molar-refractivity contribution in [3.63, 3.8) is 0 Å². The Hall–Kier alpha value is -0.570. The molecule has 0 bridgehead atoms. The van der Waals surface area contributed by atoms with Crippen molar-refractivity contribution in [2.75, 3.05) is 24.6 Å². The standard InChI is InChI=1S/C8H10ClF3N2O2S/c9-6-5(3-16)17-7(13-6)14(1-2-15)4-8(10,11)12/h15-16H,1-4H2. The van der Waals surface area contributed by atoms with Crippen LogP contribution in [0.25, 0.3) is 0 Å². The Balaban J connectivity index is 2.89. The predicted molar refractivity (Wildman–Crippen MR) is 58.4 cm³/mol. The van der Waals surface area contributed by atoms with E-state index in [1.54, 1.807) is 0 Å². The number of thiazole rings is 1. The van der Waals surface area contributed by atoms with Crippen LogP contribution in [0.4, 0.5) is 18.3 Å². The van der Waals surface area contributed by atoms with E-state index in [1.165, 1.54) is 0 Å². The molecule has 0 saturated heterocycles. The minimum absolute atomic E-state index is 0.0161. The Bertz CT molecular complexity index is 372. The lowest BCUT2D eigenvalue weighted by atomic mass is 10.5. The maximum Gasteiger partial charge on any atom is 0.406 e. The summed E-state index contributed by atoms with van der Waals surface area (Å²) in [5, 5.41) is 17.6. The molecule has 1 rings (SSSR count). The van der Waals surface area contributed by atoms with Gasteiger partial charge in [0.15, 0.2) is 5.13 Å². The summed E-state index contributed by atoms with van der Waals surface area (Å²) in [6.45, 7) is -2.23. The highest BCUT2D eigenvalue weighted by Gasteiger charge is 2.32. The van der Waals surface area contributed by atoms with E-state index in [-0.39, 0.29) is 23.4 Å². The monoisotopic (exact) mass is 290 g/mol. The minimum atomic E-state index is -4.40. The summed E-state index contributed by atoms with van der Waals surface area (Å²) in [5.74, 6) is 0. The first kappa shape index (κ1) is 14.5. The Morgan fingerprint density at radius 2 is 2.00 bits per heavy atom. The highest BCUT2D eigenvalue weighted by atomic mass is 35.5. The summed E-state index contributed by atoms with van der Waals surface area (Å²) >= 11 is 6.50. The van der Waals surface area contributed by atoms with Crippen molar-refractivity contribution >= 4 is 28.1 Å². The molecular formula is C8H10ClF3N2O2S. The number of anilines is 1. The molecule has 0 radical (unpaired) electrons. The molecule has 1 aromatic rings. The van der Waals surface area contributed by atoms with Crippen molar-refractivity contribution in [3.8, 4) is 0 Å². The molecule has 2 N–H and O–H groups in total. The molecule has 0 aliphatic carbocycles. The second kappa shape index (κ2) is 5.85. The second-order valence-electron chi connectivity index (χ2n) is 3.13. The van der Waals surface area contributed by atoms with E-state index in [0.29, 0.717) is 4.88 Å². The molecule has 0 spiro atoms. The molecule has 0 fully saturated rings. The summed E-state index contributed by atoms with van der Waals surface area (Å²) in [7, 11) is 0. The van der Waals surface area contributed by atoms with Gasteiger partial charge in [-0.2, -0.15) is 13.2 Å². The molecule has 1 aromatic heterocycles. The van der Waals surface area contributed by atoms with Gasteiger partial charge in [-0.3, -0.25) is 0 Å². The molecule has 0 aliphatic heterocycles. The summed E-state index contributed by atoms with van der Waals surface area (Å²) in [4.78, 5) is 4.89. The molecule has 17 heavy (non-hydrogen) atoms. The van der Waals surface area contributed by atoms with E-state index >= 15 is 0 Å². The van der Waals surface area contributed by atoms with Gasteiger partial charge in [0, 0.05) is 6.54 Å². The van der Waals surface area contributed by atoms with Crippen LogP contribution in [-0.4, -0.2) is 41.1 Å². The number of hydrogen-bond donors (Lipinski definition) is 2. The normalized spacial score (nSPS) is 11.9. The number of aliphatic hydroxyl groups is 2. The van der Waals surface area contributed by atoms with Crippen LogP contribution in [0.3, 0.4) is 0 Å². The maximum atomic E-state index is 12.3. The first-order chi connectivity index (χ1) is 7.87. The number of rotatable bonds is 5. The fraction of sp³-hybridized carbons (Fsp3) is 0.625. The zero-order valence-electron chi connectivity index (χ0n) is 8.54. The van der Waals surface area contributed by atoms with Crippen LogP contribution in [0.5, 0.6) is 0 Å². The molecule has 4 nitrogen and oxygen atoms in total. The molecule has 0 amide bonds. The average molecular weight is 291 g/mol. The molecular weight excluding hydrogens is 281 g/mol. The van der Waals surface area contributed by atoms with E-state index in [1.807, 2.05) is 0 Å². The van der Waals surface area contributed by atoms with E-state index in [0.717, 1.165) is 16.2 Å². The van der Waals surface area contributed by atoms with Gasteiger partial charge in [-0.15, -0.1) is 0 Å². The van der Waals surface area contributed by atoms with E-state index in [9.17, 15) is 13.2 Å². The molecule has 1 heterocycles. The maximum absolute atomic E-state index is 12.3. The van der Waals surface area contributed by atoms with Crippen LogP contribution in [0.2, 0.25) is 5.15 Å². The van der Waals surface area contributed by atoms with Crippen molar-refractivity contribution in [1.29, 1.82) is 0 Å². The summed E-state index contributed by atoms with van der Waals surface area (Å²) in [6, 6.07) is 0. The van der Waals surface area contributed by atoms with Gasteiger partial charge >= 0.3 is 6.18 Å². The third-order valence-corrected chi connectivity index (χ3v) is 3.32. The van der Waals surface area contributed by atoms with Crippen LogP contribution in [-0.2, 0) is 6.61 Å². The van der Waals surface area contributed by atoms with Crippen LogP contribution in [0.1, 0.15) is 4.88 Å². The lowest BCUT2D eigenvalue weighted by molar-refractivity contribution is -0.119. The number of aliphatic hydroxyl groups excluding tert-OH is 2. The van der Waals surface area contributed by atoms with Crippen molar-refractivity contribution in [3.05, 3.63) is 10.0 Å². The summed E-state index contributed by atoms with van der Waals surface area (Å²) < 4.78 is 36.8. The van der Waals surface area contributed by atoms with Gasteiger partial charge in [-0.25, -0.2) is 4.98 Å². The van der Waals surface area contributed by atoms with Gasteiger partial charge < -0.3 is 15.1 Å². The summed E-state index contributed by atoms with van der Waals surface area (Å²) in [6.07, 6.45) is -4.40. The topological polar surface area (TPSA) is 56.6 Å². The largest absolute Gasteiger partial charge is 0.406 e. The van der Waals surface area contributed by atoms with E-state index in [2.05, 4.69) is 4.98 Å². The summed E-state index contributed by atoms with van der Waals surface area (Å²) in [5.41, 5.74) is 0. The minimum Gasteiger partial charge on any atom is -0.395 e. The quantitative estimate of drug-likeness (QED) is 0.866. The van der Waals surface area contributed by atoms with Gasteiger partial charge in [0.2, 0.25) is 0 Å². The van der Waals surface area contributed by atoms with Crippen LogP contribution in [0.15, 0.2) is 0 Å². The molecule has 0 aliphatic rings. The molecule has 0 aromatic carbocycles. The number of halogens is 4. The van der Waals surface area contributed by atoms with Crippen LogP contribution >= 0.6 is 22.9 Å². The Kier molecular flexibility index (Phi) is 4.99. The molecule has 98 valence electrons. The number of hydrogen-bond acceptors (Lipinski definition) is 5. The van der Waals surface area contributed by atoms with E-state index < -0.39 is 19.3 Å². The second-order valence-corrected chi connectivity index (χ2v) is 4.55. The fourth-order valence-electron chi connectivity index (χ4n) is 1.13.